The molecule has 4 atom stereocenters. The zero-order chi connectivity index (χ0) is 17.9. The van der Waals surface area contributed by atoms with Crippen molar-refractivity contribution in [3.63, 3.8) is 0 Å². The van der Waals surface area contributed by atoms with Gasteiger partial charge in [0.05, 0.1) is 0 Å². The standard InChI is InChI=1S/C25H31F/c1-2-4-18-7-8-24-16-23(14-13-22(24)15-18)20-11-9-19(10-12-20)21-5-3-6-25(26)17-21/h3,5-6,9-12,17-18,22-24H,2,4,7-8,13-16H2,1H3. The smallest absolute Gasteiger partial charge is 0.123 e. The molecule has 0 saturated heterocycles. The minimum absolute atomic E-state index is 0.163. The zero-order valence-electron chi connectivity index (χ0n) is 16.0. The molecule has 2 saturated carbocycles. The van der Waals surface area contributed by atoms with E-state index >= 15 is 0 Å². The summed E-state index contributed by atoms with van der Waals surface area (Å²) in [5, 5.41) is 0. The third-order valence-corrected chi connectivity index (χ3v) is 6.96. The lowest BCUT2D eigenvalue weighted by molar-refractivity contribution is 0.114. The summed E-state index contributed by atoms with van der Waals surface area (Å²) in [4.78, 5) is 0. The molecule has 2 aromatic carbocycles. The van der Waals surface area contributed by atoms with Gasteiger partial charge in [0.15, 0.2) is 0 Å². The summed E-state index contributed by atoms with van der Waals surface area (Å²) >= 11 is 0. The molecule has 4 rings (SSSR count). The van der Waals surface area contributed by atoms with Crippen LogP contribution in [0.2, 0.25) is 0 Å². The first-order chi connectivity index (χ1) is 12.7. The number of halogens is 1. The van der Waals surface area contributed by atoms with Gasteiger partial charge < -0.3 is 0 Å². The van der Waals surface area contributed by atoms with Crippen molar-refractivity contribution in [2.75, 3.05) is 0 Å². The van der Waals surface area contributed by atoms with Crippen LogP contribution in [0.15, 0.2) is 48.5 Å². The SMILES string of the molecule is CCCC1CCC2CC(c3ccc(-c4cccc(F)c4)cc3)CCC2C1. The van der Waals surface area contributed by atoms with E-state index in [1.807, 2.05) is 6.07 Å². The summed E-state index contributed by atoms with van der Waals surface area (Å²) < 4.78 is 13.5. The van der Waals surface area contributed by atoms with E-state index in [0.717, 1.165) is 34.8 Å². The molecule has 0 nitrogen and oxygen atoms in total. The highest BCUT2D eigenvalue weighted by atomic mass is 19.1. The Labute approximate surface area is 157 Å². The Bertz CT molecular complexity index is 717. The zero-order valence-corrected chi connectivity index (χ0v) is 16.0. The second kappa shape index (κ2) is 7.94. The lowest BCUT2D eigenvalue weighted by atomic mass is 9.63. The summed E-state index contributed by atoms with van der Waals surface area (Å²) in [6.45, 7) is 2.33. The molecule has 2 fully saturated rings. The van der Waals surface area contributed by atoms with E-state index in [4.69, 9.17) is 0 Å². The van der Waals surface area contributed by atoms with Gasteiger partial charge in [0.1, 0.15) is 5.82 Å². The summed E-state index contributed by atoms with van der Waals surface area (Å²) in [7, 11) is 0. The van der Waals surface area contributed by atoms with Crippen LogP contribution in [-0.4, -0.2) is 0 Å². The highest BCUT2D eigenvalue weighted by Gasteiger charge is 2.35. The van der Waals surface area contributed by atoms with Crippen LogP contribution < -0.4 is 0 Å². The maximum Gasteiger partial charge on any atom is 0.123 e. The molecule has 0 aliphatic heterocycles. The molecule has 0 radical (unpaired) electrons. The van der Waals surface area contributed by atoms with Crippen LogP contribution in [0.5, 0.6) is 0 Å². The van der Waals surface area contributed by atoms with Gasteiger partial charge in [-0.05, 0) is 84.6 Å². The highest BCUT2D eigenvalue weighted by molar-refractivity contribution is 5.63. The molecule has 0 spiro atoms. The van der Waals surface area contributed by atoms with Crippen molar-refractivity contribution < 1.29 is 4.39 Å². The summed E-state index contributed by atoms with van der Waals surface area (Å²) in [6.07, 6.45) is 11.3. The molecule has 0 bridgehead atoms. The Balaban J connectivity index is 1.41. The molecule has 1 heteroatoms. The molecule has 0 N–H and O–H groups in total. The number of benzene rings is 2. The van der Waals surface area contributed by atoms with Crippen LogP contribution in [-0.2, 0) is 0 Å². The summed E-state index contributed by atoms with van der Waals surface area (Å²) in [6, 6.07) is 15.8. The third kappa shape index (κ3) is 3.87. The Morgan fingerprint density at radius 2 is 1.62 bits per heavy atom. The van der Waals surface area contributed by atoms with Crippen molar-refractivity contribution in [2.24, 2.45) is 17.8 Å². The second-order valence-corrected chi connectivity index (χ2v) is 8.63. The Morgan fingerprint density at radius 1 is 0.846 bits per heavy atom. The fourth-order valence-electron chi connectivity index (χ4n) is 5.58. The lowest BCUT2D eigenvalue weighted by Crippen LogP contribution is -2.30. The van der Waals surface area contributed by atoms with Crippen LogP contribution in [0.3, 0.4) is 0 Å². The molecule has 138 valence electrons. The first-order valence-electron chi connectivity index (χ1n) is 10.6. The monoisotopic (exact) mass is 350 g/mol. The molecular formula is C25H31F. The van der Waals surface area contributed by atoms with Crippen LogP contribution in [0.1, 0.15) is 69.8 Å². The van der Waals surface area contributed by atoms with Crippen LogP contribution in [0.25, 0.3) is 11.1 Å². The summed E-state index contributed by atoms with van der Waals surface area (Å²) in [5.41, 5.74) is 3.57. The van der Waals surface area contributed by atoms with Crippen LogP contribution >= 0.6 is 0 Å². The molecular weight excluding hydrogens is 319 g/mol. The average molecular weight is 351 g/mol. The largest absolute Gasteiger partial charge is 0.207 e. The van der Waals surface area contributed by atoms with Gasteiger partial charge in [-0.2, -0.15) is 0 Å². The van der Waals surface area contributed by atoms with E-state index in [1.54, 1.807) is 12.1 Å². The van der Waals surface area contributed by atoms with Crippen molar-refractivity contribution in [3.8, 4) is 11.1 Å². The maximum absolute atomic E-state index is 13.5. The van der Waals surface area contributed by atoms with Crippen molar-refractivity contribution in [1.82, 2.24) is 0 Å². The quantitative estimate of drug-likeness (QED) is 0.532. The Morgan fingerprint density at radius 3 is 2.38 bits per heavy atom. The lowest BCUT2D eigenvalue weighted by Gasteiger charge is -2.42. The Kier molecular flexibility index (Phi) is 5.43. The van der Waals surface area contributed by atoms with E-state index in [2.05, 4.69) is 31.2 Å². The van der Waals surface area contributed by atoms with Gasteiger partial charge in [-0.1, -0.05) is 62.6 Å². The van der Waals surface area contributed by atoms with Gasteiger partial charge in [-0.15, -0.1) is 0 Å². The van der Waals surface area contributed by atoms with Crippen molar-refractivity contribution in [1.29, 1.82) is 0 Å². The second-order valence-electron chi connectivity index (χ2n) is 8.63. The van der Waals surface area contributed by atoms with E-state index in [9.17, 15) is 4.39 Å². The topological polar surface area (TPSA) is 0 Å². The molecule has 2 aliphatic rings. The number of hydrogen-bond acceptors (Lipinski definition) is 0. The van der Waals surface area contributed by atoms with Crippen LogP contribution in [0.4, 0.5) is 4.39 Å². The van der Waals surface area contributed by atoms with Gasteiger partial charge in [0.25, 0.3) is 0 Å². The minimum atomic E-state index is -0.163. The number of fused-ring (bicyclic) bond motifs is 1. The van der Waals surface area contributed by atoms with E-state index < -0.39 is 0 Å². The van der Waals surface area contributed by atoms with Crippen LogP contribution in [0, 0.1) is 23.6 Å². The van der Waals surface area contributed by atoms with E-state index in [0.29, 0.717) is 0 Å². The highest BCUT2D eigenvalue weighted by Crippen LogP contribution is 2.48. The number of rotatable bonds is 4. The molecule has 0 heterocycles. The van der Waals surface area contributed by atoms with Crippen molar-refractivity contribution in [2.45, 2.75) is 64.2 Å². The fourth-order valence-corrected chi connectivity index (χ4v) is 5.58. The Hall–Kier alpha value is -1.63. The van der Waals surface area contributed by atoms with Gasteiger partial charge >= 0.3 is 0 Å². The summed E-state index contributed by atoms with van der Waals surface area (Å²) in [5.74, 6) is 3.50. The third-order valence-electron chi connectivity index (χ3n) is 6.96. The van der Waals surface area contributed by atoms with E-state index in [1.165, 1.54) is 63.0 Å². The van der Waals surface area contributed by atoms with Gasteiger partial charge in [0.2, 0.25) is 0 Å². The molecule has 0 aromatic heterocycles. The predicted molar refractivity (Wildman–Crippen MR) is 108 cm³/mol. The van der Waals surface area contributed by atoms with Gasteiger partial charge in [-0.3, -0.25) is 0 Å². The first-order valence-corrected chi connectivity index (χ1v) is 10.6. The average Bonchev–Trinajstić information content (AvgIpc) is 2.68. The number of hydrogen-bond donors (Lipinski definition) is 0. The van der Waals surface area contributed by atoms with Crippen molar-refractivity contribution in [3.05, 3.63) is 59.9 Å². The van der Waals surface area contributed by atoms with Crippen molar-refractivity contribution >= 4 is 0 Å². The fraction of sp³-hybridized carbons (Fsp3) is 0.520. The van der Waals surface area contributed by atoms with Gasteiger partial charge in [-0.25, -0.2) is 4.39 Å². The molecule has 4 unspecified atom stereocenters. The molecule has 26 heavy (non-hydrogen) atoms. The maximum atomic E-state index is 13.5. The first kappa shape index (κ1) is 17.8. The predicted octanol–water partition coefficient (Wildman–Crippen LogP) is 7.59. The van der Waals surface area contributed by atoms with Gasteiger partial charge in [0, 0.05) is 0 Å². The normalized spacial score (nSPS) is 28.5. The minimum Gasteiger partial charge on any atom is -0.207 e. The molecule has 2 aliphatic carbocycles. The molecule has 0 amide bonds. The molecule has 2 aromatic rings. The van der Waals surface area contributed by atoms with E-state index in [-0.39, 0.29) is 5.82 Å².